The van der Waals surface area contributed by atoms with Gasteiger partial charge in [0, 0.05) is 42.9 Å². The van der Waals surface area contributed by atoms with E-state index < -0.39 is 8.32 Å². The maximum atomic E-state index is 9.60. The van der Waals surface area contributed by atoms with E-state index in [9.17, 15) is 5.11 Å². The zero-order valence-corrected chi connectivity index (χ0v) is 29.9. The minimum absolute atomic E-state index is 0.126. The predicted molar refractivity (Wildman–Crippen MR) is 194 cm³/mol. The molecule has 0 aromatic heterocycles. The minimum Gasteiger partial charge on any atom is -0.415 e. The third-order valence-corrected chi connectivity index (χ3v) is 15.7. The van der Waals surface area contributed by atoms with Gasteiger partial charge in [0.2, 0.25) is 0 Å². The Balaban J connectivity index is 0.000000220. The molecule has 2 atom stereocenters. The summed E-state index contributed by atoms with van der Waals surface area (Å²) in [5.74, 6) is 0. The van der Waals surface area contributed by atoms with Gasteiger partial charge in [0.15, 0.2) is 8.32 Å². The second-order valence-corrected chi connectivity index (χ2v) is 20.0. The zero-order valence-electron chi connectivity index (χ0n) is 28.9. The van der Waals surface area contributed by atoms with Crippen molar-refractivity contribution in [2.75, 3.05) is 13.2 Å². The molecule has 5 heteroatoms. The number of hydrogen-bond donors (Lipinski definition) is 1. The lowest BCUT2D eigenvalue weighted by Gasteiger charge is -2.42. The first-order valence-electron chi connectivity index (χ1n) is 17.2. The zero-order chi connectivity index (χ0) is 32.6. The van der Waals surface area contributed by atoms with Gasteiger partial charge < -0.3 is 9.53 Å². The van der Waals surface area contributed by atoms with Crippen molar-refractivity contribution in [2.24, 2.45) is 0 Å². The highest BCUT2D eigenvalue weighted by molar-refractivity contribution is 6.74. The molecule has 246 valence electrons. The van der Waals surface area contributed by atoms with Gasteiger partial charge in [0.1, 0.15) is 0 Å². The Morgan fingerprint density at radius 2 is 1.33 bits per heavy atom. The van der Waals surface area contributed by atoms with Crippen LogP contribution in [0, 0.1) is 0 Å². The van der Waals surface area contributed by atoms with Crippen LogP contribution < -0.4 is 0 Å². The molecule has 2 aromatic carbocycles. The molecule has 2 heterocycles. The smallest absolute Gasteiger partial charge is 0.192 e. The molecule has 2 aromatic rings. The van der Waals surface area contributed by atoms with E-state index in [-0.39, 0.29) is 17.2 Å². The van der Waals surface area contributed by atoms with E-state index in [2.05, 4.69) is 142 Å². The summed E-state index contributed by atoms with van der Waals surface area (Å²) in [4.78, 5) is 5.24. The summed E-state index contributed by atoms with van der Waals surface area (Å²) in [7, 11) is -1.74. The normalized spacial score (nSPS) is 22.8. The monoisotopic (exact) mass is 628 g/mol. The fourth-order valence-electron chi connectivity index (χ4n) is 7.47. The average Bonchev–Trinajstić information content (AvgIpc) is 3.72. The van der Waals surface area contributed by atoms with Crippen molar-refractivity contribution in [1.29, 1.82) is 0 Å². The van der Waals surface area contributed by atoms with Crippen LogP contribution >= 0.6 is 0 Å². The van der Waals surface area contributed by atoms with Gasteiger partial charge >= 0.3 is 0 Å². The number of hydrogen-bond acceptors (Lipinski definition) is 4. The molecule has 2 saturated heterocycles. The third-order valence-electron chi connectivity index (χ3n) is 11.2. The average molecular weight is 629 g/mol. The Morgan fingerprint density at radius 3 is 1.82 bits per heavy atom. The summed E-state index contributed by atoms with van der Waals surface area (Å²) >= 11 is 0. The maximum absolute atomic E-state index is 9.60. The maximum Gasteiger partial charge on any atom is 0.192 e. The van der Waals surface area contributed by atoms with E-state index in [1.807, 2.05) is 0 Å². The molecule has 0 saturated carbocycles. The molecular formula is C40H60N2O2Si. The fourth-order valence-corrected chi connectivity index (χ4v) is 8.51. The Labute approximate surface area is 276 Å². The number of aliphatic hydroxyl groups excluding tert-OH is 1. The van der Waals surface area contributed by atoms with E-state index in [1.165, 1.54) is 30.4 Å². The molecule has 2 fully saturated rings. The second-order valence-electron chi connectivity index (χ2n) is 15.2. The van der Waals surface area contributed by atoms with Gasteiger partial charge in [-0.3, -0.25) is 9.80 Å². The first-order valence-corrected chi connectivity index (χ1v) is 20.1. The molecule has 5 rings (SSSR count). The number of nitrogens with zero attached hydrogens (tertiary/aromatic N) is 2. The van der Waals surface area contributed by atoms with Crippen LogP contribution in [0.3, 0.4) is 0 Å². The minimum atomic E-state index is -1.74. The molecular weight excluding hydrogens is 569 g/mol. The van der Waals surface area contributed by atoms with Crippen LogP contribution in [-0.2, 0) is 17.5 Å². The van der Waals surface area contributed by atoms with Crippen molar-refractivity contribution < 1.29 is 9.53 Å². The van der Waals surface area contributed by atoms with E-state index in [1.54, 1.807) is 0 Å². The van der Waals surface area contributed by atoms with Crippen LogP contribution in [-0.4, -0.2) is 59.6 Å². The summed E-state index contributed by atoms with van der Waals surface area (Å²) in [6.07, 6.45) is 17.8. The van der Waals surface area contributed by atoms with Crippen LogP contribution in [0.5, 0.6) is 0 Å². The summed E-state index contributed by atoms with van der Waals surface area (Å²) < 4.78 is 6.64. The highest BCUT2D eigenvalue weighted by Gasteiger charge is 2.47. The highest BCUT2D eigenvalue weighted by Crippen LogP contribution is 2.44. The molecule has 0 radical (unpaired) electrons. The van der Waals surface area contributed by atoms with Crippen LogP contribution in [0.2, 0.25) is 18.1 Å². The second kappa shape index (κ2) is 15.5. The summed E-state index contributed by atoms with van der Waals surface area (Å²) in [6, 6.07) is 22.2. The number of benzene rings is 2. The Hall–Kier alpha value is -2.28. The van der Waals surface area contributed by atoms with Crippen molar-refractivity contribution >= 4 is 8.32 Å². The van der Waals surface area contributed by atoms with Gasteiger partial charge in [-0.25, -0.2) is 0 Å². The summed E-state index contributed by atoms with van der Waals surface area (Å²) in [6.45, 7) is 22.8. The van der Waals surface area contributed by atoms with Gasteiger partial charge in [-0.05, 0) is 80.6 Å². The van der Waals surface area contributed by atoms with Crippen molar-refractivity contribution in [3.8, 4) is 0 Å². The fraction of sp³-hybridized carbons (Fsp3) is 0.550. The molecule has 4 nitrogen and oxygen atoms in total. The lowest BCUT2D eigenvalue weighted by atomic mass is 9.88. The standard InChI is InChI=1S/C24H39NOSi.C16H21NO/c1-8-16-24(17-9-2)18-15-22(20-26-27(6,7)23(3,4)5)25(24)19-21-13-11-10-12-14-21;18-13-15-8-11-16(9-4-5-10-16)17(15)12-14-6-2-1-3-7-14/h8-14,22H,1-2,15-20H2,3-7H3;1-7,15,18H,8-13H2/t22-;15-/m11/s1. The number of aliphatic hydroxyl groups is 1. The molecule has 1 N–H and O–H groups in total. The lowest BCUT2D eigenvalue weighted by molar-refractivity contribution is 0.0654. The van der Waals surface area contributed by atoms with Crippen LogP contribution in [0.25, 0.3) is 0 Å². The van der Waals surface area contributed by atoms with E-state index >= 15 is 0 Å². The highest BCUT2D eigenvalue weighted by atomic mass is 28.4. The van der Waals surface area contributed by atoms with Crippen LogP contribution in [0.1, 0.15) is 83.3 Å². The van der Waals surface area contributed by atoms with Crippen LogP contribution in [0.15, 0.2) is 98.1 Å². The molecule has 1 spiro atoms. The van der Waals surface area contributed by atoms with E-state index in [4.69, 9.17) is 4.43 Å². The SMILES string of the molecule is C=CCC1(CC=C)CC[C@H](CO[Si](C)(C)C(C)(C)C)N1Cc1ccccc1.OC[C@H]1CCC2(CC=CC2)N1Cc1ccccc1. The molecule has 1 aliphatic carbocycles. The molecule has 0 unspecified atom stereocenters. The lowest BCUT2D eigenvalue weighted by Crippen LogP contribution is -2.50. The quantitative estimate of drug-likeness (QED) is 0.188. The van der Waals surface area contributed by atoms with Gasteiger partial charge in [0.25, 0.3) is 0 Å². The summed E-state index contributed by atoms with van der Waals surface area (Å²) in [5, 5.41) is 9.84. The van der Waals surface area contributed by atoms with Gasteiger partial charge in [-0.2, -0.15) is 0 Å². The summed E-state index contributed by atoms with van der Waals surface area (Å²) in [5.41, 5.74) is 3.14. The number of rotatable bonds is 12. The van der Waals surface area contributed by atoms with Crippen LogP contribution in [0.4, 0.5) is 0 Å². The molecule has 0 amide bonds. The molecule has 0 bridgehead atoms. The largest absolute Gasteiger partial charge is 0.415 e. The van der Waals surface area contributed by atoms with E-state index in [0.29, 0.717) is 17.6 Å². The Morgan fingerprint density at radius 1 is 0.822 bits per heavy atom. The number of likely N-dealkylation sites (tertiary alicyclic amines) is 2. The Bertz CT molecular complexity index is 1220. The Kier molecular flexibility index (Phi) is 12.3. The topological polar surface area (TPSA) is 35.9 Å². The first-order chi connectivity index (χ1) is 21.5. The predicted octanol–water partition coefficient (Wildman–Crippen LogP) is 9.30. The van der Waals surface area contributed by atoms with Crippen molar-refractivity contribution in [1.82, 2.24) is 9.80 Å². The van der Waals surface area contributed by atoms with E-state index in [0.717, 1.165) is 51.8 Å². The van der Waals surface area contributed by atoms with Gasteiger partial charge in [0.05, 0.1) is 6.61 Å². The van der Waals surface area contributed by atoms with Gasteiger partial charge in [-0.1, -0.05) is 106 Å². The van der Waals surface area contributed by atoms with Crippen molar-refractivity contribution in [2.45, 2.75) is 127 Å². The molecule has 3 aliphatic rings. The molecule has 2 aliphatic heterocycles. The third kappa shape index (κ3) is 8.55. The van der Waals surface area contributed by atoms with Gasteiger partial charge in [-0.15, -0.1) is 13.2 Å². The molecule has 45 heavy (non-hydrogen) atoms. The van der Waals surface area contributed by atoms with Crippen molar-refractivity contribution in [3.05, 3.63) is 109 Å². The first kappa shape index (κ1) is 35.6. The van der Waals surface area contributed by atoms with Crippen molar-refractivity contribution in [3.63, 3.8) is 0 Å².